The number of rotatable bonds is 7. The van der Waals surface area contributed by atoms with Gasteiger partial charge in [0, 0.05) is 19.7 Å². The topological polar surface area (TPSA) is 83.9 Å². The zero-order valence-electron chi connectivity index (χ0n) is 10.4. The number of carboxylic acids is 1. The fourth-order valence-corrected chi connectivity index (χ4v) is 4.68. The van der Waals surface area contributed by atoms with Crippen LogP contribution in [-0.4, -0.2) is 50.1 Å². The van der Waals surface area contributed by atoms with Gasteiger partial charge in [0.25, 0.3) is 10.0 Å². The van der Waals surface area contributed by atoms with Crippen molar-refractivity contribution in [2.75, 3.05) is 20.3 Å². The monoisotopic (exact) mass is 305 g/mol. The smallest absolute Gasteiger partial charge is 0.345 e. The van der Waals surface area contributed by atoms with Crippen LogP contribution in [0.1, 0.15) is 22.5 Å². The summed E-state index contributed by atoms with van der Waals surface area (Å²) in [5, 5.41) is 8.85. The molecule has 1 aliphatic rings. The summed E-state index contributed by atoms with van der Waals surface area (Å²) >= 11 is 0.785. The average Bonchev–Trinajstić information content (AvgIpc) is 3.04. The van der Waals surface area contributed by atoms with Crippen molar-refractivity contribution in [1.82, 2.24) is 4.31 Å². The van der Waals surface area contributed by atoms with E-state index in [9.17, 15) is 13.2 Å². The van der Waals surface area contributed by atoms with Crippen molar-refractivity contribution < 1.29 is 23.1 Å². The Morgan fingerprint density at radius 1 is 1.53 bits per heavy atom. The van der Waals surface area contributed by atoms with Crippen molar-refractivity contribution in [2.45, 2.75) is 23.1 Å². The molecule has 8 heteroatoms. The quantitative estimate of drug-likeness (QED) is 0.819. The van der Waals surface area contributed by atoms with Gasteiger partial charge in [0.1, 0.15) is 9.09 Å². The van der Waals surface area contributed by atoms with Crippen LogP contribution in [0.25, 0.3) is 0 Å². The fourth-order valence-electron chi connectivity index (χ4n) is 1.73. The first-order valence-electron chi connectivity index (χ1n) is 5.80. The second kappa shape index (κ2) is 5.58. The molecule has 0 unspecified atom stereocenters. The Morgan fingerprint density at radius 2 is 2.21 bits per heavy atom. The van der Waals surface area contributed by atoms with E-state index < -0.39 is 16.0 Å². The molecule has 1 heterocycles. The minimum Gasteiger partial charge on any atom is -0.477 e. The lowest BCUT2D eigenvalue weighted by molar-refractivity contribution is 0.0702. The van der Waals surface area contributed by atoms with E-state index in [1.54, 1.807) is 0 Å². The zero-order valence-corrected chi connectivity index (χ0v) is 12.0. The van der Waals surface area contributed by atoms with Gasteiger partial charge in [0.05, 0.1) is 6.61 Å². The number of thiophene rings is 1. The van der Waals surface area contributed by atoms with Crippen molar-refractivity contribution in [2.24, 2.45) is 0 Å². The molecule has 1 fully saturated rings. The third-order valence-electron chi connectivity index (χ3n) is 2.83. The summed E-state index contributed by atoms with van der Waals surface area (Å²) in [6, 6.07) is 2.70. The van der Waals surface area contributed by atoms with Crippen molar-refractivity contribution in [1.29, 1.82) is 0 Å². The van der Waals surface area contributed by atoms with Gasteiger partial charge in [0.2, 0.25) is 0 Å². The number of methoxy groups -OCH3 is 1. The van der Waals surface area contributed by atoms with Crippen molar-refractivity contribution in [3.63, 3.8) is 0 Å². The lowest BCUT2D eigenvalue weighted by atomic mass is 10.5. The van der Waals surface area contributed by atoms with Gasteiger partial charge in [-0.3, -0.25) is 0 Å². The van der Waals surface area contributed by atoms with Gasteiger partial charge in [-0.25, -0.2) is 13.2 Å². The molecule has 0 atom stereocenters. The molecule has 1 saturated carbocycles. The maximum Gasteiger partial charge on any atom is 0.345 e. The van der Waals surface area contributed by atoms with Crippen LogP contribution in [0.15, 0.2) is 16.3 Å². The summed E-state index contributed by atoms with van der Waals surface area (Å²) in [5.41, 5.74) is 0. The molecule has 1 aromatic rings. The molecule has 0 amide bonds. The van der Waals surface area contributed by atoms with Crippen molar-refractivity contribution in [3.05, 3.63) is 17.0 Å². The Balaban J connectivity index is 2.25. The van der Waals surface area contributed by atoms with Gasteiger partial charge < -0.3 is 9.84 Å². The minimum absolute atomic E-state index is 0.0236. The molecule has 0 aliphatic heterocycles. The number of carbonyl (C=O) groups is 1. The molecule has 0 bridgehead atoms. The number of sulfonamides is 1. The summed E-state index contributed by atoms with van der Waals surface area (Å²) < 4.78 is 31.3. The van der Waals surface area contributed by atoms with Crippen LogP contribution in [0.2, 0.25) is 0 Å². The molecule has 2 rings (SSSR count). The molecule has 1 aromatic heterocycles. The van der Waals surface area contributed by atoms with E-state index in [2.05, 4.69) is 0 Å². The van der Waals surface area contributed by atoms with Crippen LogP contribution in [0.3, 0.4) is 0 Å². The molecular formula is C11H15NO5S2. The maximum atomic E-state index is 12.4. The highest BCUT2D eigenvalue weighted by molar-refractivity contribution is 7.91. The lowest BCUT2D eigenvalue weighted by Crippen LogP contribution is -2.35. The van der Waals surface area contributed by atoms with Crippen molar-refractivity contribution >= 4 is 27.3 Å². The molecule has 19 heavy (non-hydrogen) atoms. The number of hydrogen-bond acceptors (Lipinski definition) is 5. The maximum absolute atomic E-state index is 12.4. The largest absolute Gasteiger partial charge is 0.477 e. The Morgan fingerprint density at radius 3 is 2.68 bits per heavy atom. The van der Waals surface area contributed by atoms with Crippen LogP contribution in [0.4, 0.5) is 0 Å². The van der Waals surface area contributed by atoms with Gasteiger partial charge in [-0.1, -0.05) is 0 Å². The SMILES string of the molecule is COCCN(C1CC1)S(=O)(=O)c1ccc(C(=O)O)s1. The van der Waals surface area contributed by atoms with Gasteiger partial charge in [-0.2, -0.15) is 4.31 Å². The van der Waals surface area contributed by atoms with E-state index in [4.69, 9.17) is 9.84 Å². The predicted octanol–water partition coefficient (Wildman–Crippen LogP) is 1.25. The van der Waals surface area contributed by atoms with Gasteiger partial charge in [-0.15, -0.1) is 11.3 Å². The lowest BCUT2D eigenvalue weighted by Gasteiger charge is -2.20. The Labute approximate surface area is 115 Å². The second-order valence-electron chi connectivity index (χ2n) is 4.26. The summed E-state index contributed by atoms with van der Waals surface area (Å²) in [6.07, 6.45) is 1.69. The number of ether oxygens (including phenoxy) is 1. The summed E-state index contributed by atoms with van der Waals surface area (Å²) in [4.78, 5) is 10.8. The first kappa shape index (κ1) is 14.4. The van der Waals surface area contributed by atoms with Crippen LogP contribution in [0.5, 0.6) is 0 Å². The molecule has 0 spiro atoms. The van der Waals surface area contributed by atoms with Crippen LogP contribution < -0.4 is 0 Å². The van der Waals surface area contributed by atoms with Crippen molar-refractivity contribution in [3.8, 4) is 0 Å². The Kier molecular flexibility index (Phi) is 4.24. The molecule has 1 N–H and O–H groups in total. The first-order valence-corrected chi connectivity index (χ1v) is 8.06. The van der Waals surface area contributed by atoms with E-state index >= 15 is 0 Å². The number of nitrogens with zero attached hydrogens (tertiary/aromatic N) is 1. The average molecular weight is 305 g/mol. The molecule has 0 aromatic carbocycles. The third-order valence-corrected chi connectivity index (χ3v) is 6.32. The predicted molar refractivity (Wildman–Crippen MR) is 70.1 cm³/mol. The molecule has 6 nitrogen and oxygen atoms in total. The van der Waals surface area contributed by atoms with Crippen LogP contribution in [-0.2, 0) is 14.8 Å². The highest BCUT2D eigenvalue weighted by Gasteiger charge is 2.38. The highest BCUT2D eigenvalue weighted by atomic mass is 32.2. The molecule has 106 valence electrons. The number of carboxylic acid groups (broad SMARTS) is 1. The van der Waals surface area contributed by atoms with Gasteiger partial charge in [-0.05, 0) is 25.0 Å². The van der Waals surface area contributed by atoms with E-state index in [-0.39, 0.29) is 15.1 Å². The first-order chi connectivity index (χ1) is 8.96. The van der Waals surface area contributed by atoms with E-state index in [1.165, 1.54) is 23.5 Å². The number of aromatic carboxylic acids is 1. The highest BCUT2D eigenvalue weighted by Crippen LogP contribution is 2.34. The molecule has 1 aliphatic carbocycles. The second-order valence-corrected chi connectivity index (χ2v) is 7.46. The summed E-state index contributed by atoms with van der Waals surface area (Å²) in [6.45, 7) is 0.622. The van der Waals surface area contributed by atoms with Crippen LogP contribution >= 0.6 is 11.3 Å². The summed E-state index contributed by atoms with van der Waals surface area (Å²) in [7, 11) is -2.10. The van der Waals surface area contributed by atoms with Crippen LogP contribution in [0, 0.1) is 0 Å². The standard InChI is InChI=1S/C11H15NO5S2/c1-17-7-6-12(8-2-3-8)19(15,16)10-5-4-9(18-10)11(13)14/h4-5,8H,2-3,6-7H2,1H3,(H,13,14). The third kappa shape index (κ3) is 3.14. The minimum atomic E-state index is -3.61. The molecule has 0 saturated heterocycles. The Hall–Kier alpha value is -0.960. The molecular weight excluding hydrogens is 290 g/mol. The van der Waals surface area contributed by atoms with Gasteiger partial charge in [0.15, 0.2) is 0 Å². The van der Waals surface area contributed by atoms with Gasteiger partial charge >= 0.3 is 5.97 Å². The summed E-state index contributed by atoms with van der Waals surface area (Å²) in [5.74, 6) is -1.11. The van der Waals surface area contributed by atoms with E-state index in [1.807, 2.05) is 0 Å². The molecule has 0 radical (unpaired) electrons. The van der Waals surface area contributed by atoms with E-state index in [0.29, 0.717) is 13.2 Å². The zero-order chi connectivity index (χ0) is 14.0. The Bertz CT molecular complexity index is 561. The number of hydrogen-bond donors (Lipinski definition) is 1. The normalized spacial score (nSPS) is 15.9. The fraction of sp³-hybridized carbons (Fsp3) is 0.545. The van der Waals surface area contributed by atoms with E-state index in [0.717, 1.165) is 24.2 Å².